The lowest BCUT2D eigenvalue weighted by atomic mass is 9.85. The lowest BCUT2D eigenvalue weighted by Gasteiger charge is -2.19. The van der Waals surface area contributed by atoms with Crippen LogP contribution in [0.3, 0.4) is 0 Å². The Morgan fingerprint density at radius 3 is 1.73 bits per heavy atom. The van der Waals surface area contributed by atoms with Gasteiger partial charge in [0.1, 0.15) is 0 Å². The fraction of sp³-hybridized carbons (Fsp3) is 1.00. The Morgan fingerprint density at radius 2 is 1.47 bits per heavy atom. The van der Waals surface area contributed by atoms with E-state index in [1.165, 1.54) is 0 Å². The maximum Gasteiger partial charge on any atom is 0.255 e. The van der Waals surface area contributed by atoms with E-state index in [1.54, 1.807) is 0 Å². The molecular formula is C13H24F2. The Kier molecular flexibility index (Phi) is 2.95. The van der Waals surface area contributed by atoms with E-state index in [9.17, 15) is 8.78 Å². The molecule has 0 aromatic heterocycles. The average molecular weight is 218 g/mol. The van der Waals surface area contributed by atoms with E-state index in [1.807, 2.05) is 20.8 Å². The first-order valence-corrected chi connectivity index (χ1v) is 5.84. The normalized spacial score (nSPS) is 30.4. The summed E-state index contributed by atoms with van der Waals surface area (Å²) in [6, 6.07) is 0. The molecule has 1 saturated carbocycles. The van der Waals surface area contributed by atoms with E-state index in [4.69, 9.17) is 0 Å². The van der Waals surface area contributed by atoms with E-state index in [-0.39, 0.29) is 16.7 Å². The molecule has 1 fully saturated rings. The van der Waals surface area contributed by atoms with Crippen LogP contribution in [0.4, 0.5) is 8.78 Å². The molecule has 0 aromatic rings. The van der Waals surface area contributed by atoms with Crippen molar-refractivity contribution in [2.45, 2.75) is 60.3 Å². The molecule has 2 atom stereocenters. The van der Waals surface area contributed by atoms with E-state index in [0.717, 1.165) is 6.42 Å². The molecule has 2 unspecified atom stereocenters. The Labute approximate surface area is 92.4 Å². The van der Waals surface area contributed by atoms with Gasteiger partial charge in [0.05, 0.1) is 0 Å². The van der Waals surface area contributed by atoms with E-state index >= 15 is 0 Å². The van der Waals surface area contributed by atoms with Gasteiger partial charge in [-0.05, 0) is 23.7 Å². The van der Waals surface area contributed by atoms with Crippen molar-refractivity contribution < 1.29 is 8.78 Å². The van der Waals surface area contributed by atoms with E-state index in [0.29, 0.717) is 6.42 Å². The second-order valence-corrected chi connectivity index (χ2v) is 7.22. The molecule has 15 heavy (non-hydrogen) atoms. The van der Waals surface area contributed by atoms with Crippen LogP contribution in [0.1, 0.15) is 54.4 Å². The fourth-order valence-electron chi connectivity index (χ4n) is 2.52. The summed E-state index contributed by atoms with van der Waals surface area (Å²) in [6.07, 6.45) is 1.55. The number of alkyl halides is 2. The van der Waals surface area contributed by atoms with Crippen LogP contribution in [0, 0.1) is 22.7 Å². The summed E-state index contributed by atoms with van der Waals surface area (Å²) in [7, 11) is 0. The quantitative estimate of drug-likeness (QED) is 0.628. The molecule has 0 spiro atoms. The summed E-state index contributed by atoms with van der Waals surface area (Å²) >= 11 is 0. The van der Waals surface area contributed by atoms with Crippen molar-refractivity contribution in [1.29, 1.82) is 0 Å². The summed E-state index contributed by atoms with van der Waals surface area (Å²) in [5.74, 6) is -3.20. The van der Waals surface area contributed by atoms with Crippen molar-refractivity contribution >= 4 is 0 Å². The minimum Gasteiger partial charge on any atom is -0.206 e. The summed E-state index contributed by atoms with van der Waals surface area (Å²) in [4.78, 5) is 0. The second kappa shape index (κ2) is 3.43. The topological polar surface area (TPSA) is 0 Å². The number of hydrogen-bond acceptors (Lipinski definition) is 0. The largest absolute Gasteiger partial charge is 0.255 e. The lowest BCUT2D eigenvalue weighted by Crippen LogP contribution is -2.13. The summed E-state index contributed by atoms with van der Waals surface area (Å²) < 4.78 is 27.1. The summed E-state index contributed by atoms with van der Waals surface area (Å²) in [5, 5.41) is 0. The molecule has 0 radical (unpaired) electrons. The molecule has 2 heteroatoms. The third-order valence-corrected chi connectivity index (χ3v) is 3.34. The molecule has 90 valence electrons. The van der Waals surface area contributed by atoms with Gasteiger partial charge in [-0.15, -0.1) is 0 Å². The van der Waals surface area contributed by atoms with Crippen molar-refractivity contribution in [3.8, 4) is 0 Å². The molecule has 0 heterocycles. The first-order chi connectivity index (χ1) is 6.46. The molecule has 1 aliphatic carbocycles. The number of halogens is 2. The maximum atomic E-state index is 13.5. The first kappa shape index (κ1) is 12.9. The van der Waals surface area contributed by atoms with Crippen LogP contribution >= 0.6 is 0 Å². The molecule has 0 aliphatic heterocycles. The van der Waals surface area contributed by atoms with Crippen LogP contribution in [0.25, 0.3) is 0 Å². The van der Waals surface area contributed by atoms with Gasteiger partial charge in [-0.2, -0.15) is 0 Å². The van der Waals surface area contributed by atoms with Crippen LogP contribution in [-0.2, 0) is 0 Å². The zero-order chi connectivity index (χ0) is 12.1. The fourth-order valence-corrected chi connectivity index (χ4v) is 2.52. The van der Waals surface area contributed by atoms with Gasteiger partial charge >= 0.3 is 0 Å². The van der Waals surface area contributed by atoms with Crippen molar-refractivity contribution in [2.24, 2.45) is 22.7 Å². The summed E-state index contributed by atoms with van der Waals surface area (Å²) in [5.41, 5.74) is -0.0901. The Bertz CT molecular complexity index is 230. The molecule has 0 bridgehead atoms. The molecule has 0 N–H and O–H groups in total. The van der Waals surface area contributed by atoms with Gasteiger partial charge in [0, 0.05) is 11.8 Å². The van der Waals surface area contributed by atoms with Crippen molar-refractivity contribution in [3.63, 3.8) is 0 Å². The maximum absolute atomic E-state index is 13.5. The Hall–Kier alpha value is -0.140. The minimum atomic E-state index is -2.41. The Balaban J connectivity index is 2.53. The minimum absolute atomic E-state index is 0.168. The Morgan fingerprint density at radius 1 is 1.00 bits per heavy atom. The first-order valence-electron chi connectivity index (χ1n) is 5.84. The predicted molar refractivity (Wildman–Crippen MR) is 60.1 cm³/mol. The zero-order valence-electron chi connectivity index (χ0n) is 10.8. The zero-order valence-corrected chi connectivity index (χ0v) is 10.8. The molecule has 0 nitrogen and oxygen atoms in total. The highest BCUT2D eigenvalue weighted by Crippen LogP contribution is 2.64. The van der Waals surface area contributed by atoms with Crippen LogP contribution in [0.2, 0.25) is 0 Å². The van der Waals surface area contributed by atoms with Crippen LogP contribution in [-0.4, -0.2) is 5.92 Å². The number of rotatable bonds is 2. The molecule has 0 aromatic carbocycles. The average Bonchev–Trinajstić information content (AvgIpc) is 2.46. The van der Waals surface area contributed by atoms with Gasteiger partial charge in [-0.1, -0.05) is 41.5 Å². The standard InChI is InChI=1S/C13H24F2/c1-11(2,3)8-7-9-10(12(4,5)6)13(9,14)15/h9-10H,7-8H2,1-6H3. The number of hydrogen-bond donors (Lipinski definition) is 0. The highest BCUT2D eigenvalue weighted by molar-refractivity contribution is 5.09. The van der Waals surface area contributed by atoms with Gasteiger partial charge in [0.25, 0.3) is 5.92 Å². The van der Waals surface area contributed by atoms with Crippen LogP contribution in [0.15, 0.2) is 0 Å². The summed E-state index contributed by atoms with van der Waals surface area (Å²) in [6.45, 7) is 12.1. The van der Waals surface area contributed by atoms with Crippen LogP contribution in [0.5, 0.6) is 0 Å². The smallest absolute Gasteiger partial charge is 0.206 e. The van der Waals surface area contributed by atoms with Gasteiger partial charge in [-0.3, -0.25) is 0 Å². The lowest BCUT2D eigenvalue weighted by molar-refractivity contribution is 0.0615. The molecule has 1 rings (SSSR count). The monoisotopic (exact) mass is 218 g/mol. The molecule has 0 amide bonds. The van der Waals surface area contributed by atoms with E-state index < -0.39 is 11.8 Å². The highest BCUT2D eigenvalue weighted by atomic mass is 19.3. The SMILES string of the molecule is CC(C)(C)CCC1C(C(C)(C)C)C1(F)F. The molecule has 0 saturated heterocycles. The van der Waals surface area contributed by atoms with E-state index in [2.05, 4.69) is 20.8 Å². The van der Waals surface area contributed by atoms with Gasteiger partial charge in [0.2, 0.25) is 0 Å². The third-order valence-electron chi connectivity index (χ3n) is 3.34. The van der Waals surface area contributed by atoms with Gasteiger partial charge < -0.3 is 0 Å². The van der Waals surface area contributed by atoms with Crippen molar-refractivity contribution in [2.75, 3.05) is 0 Å². The van der Waals surface area contributed by atoms with Crippen LogP contribution < -0.4 is 0 Å². The predicted octanol–water partition coefficient (Wildman–Crippen LogP) is 4.74. The molecular weight excluding hydrogens is 194 g/mol. The second-order valence-electron chi connectivity index (χ2n) is 7.22. The van der Waals surface area contributed by atoms with Crippen molar-refractivity contribution in [1.82, 2.24) is 0 Å². The molecule has 1 aliphatic rings. The van der Waals surface area contributed by atoms with Gasteiger partial charge in [0.15, 0.2) is 0 Å². The van der Waals surface area contributed by atoms with Gasteiger partial charge in [-0.25, -0.2) is 8.78 Å². The van der Waals surface area contributed by atoms with Crippen molar-refractivity contribution in [3.05, 3.63) is 0 Å². The highest BCUT2D eigenvalue weighted by Gasteiger charge is 2.70. The third kappa shape index (κ3) is 2.92.